The molecule has 0 heterocycles. The van der Waals surface area contributed by atoms with Crippen LogP contribution in [-0.2, 0) is 19.6 Å². The number of hydrogen-bond donors (Lipinski definition) is 0. The molecule has 0 radical (unpaired) electrons. The average molecular weight is 305 g/mol. The zero-order valence-corrected chi connectivity index (χ0v) is 11.8. The van der Waals surface area contributed by atoms with Crippen LogP contribution < -0.4 is 0 Å². The Morgan fingerprint density at radius 2 is 1.84 bits per heavy atom. The van der Waals surface area contributed by atoms with Crippen molar-refractivity contribution in [3.05, 3.63) is 0 Å². The largest absolute Gasteiger partial charge is 0.469 e. The Hall–Kier alpha value is -0.830. The van der Waals surface area contributed by atoms with Crippen LogP contribution in [0.1, 0.15) is 26.7 Å². The van der Waals surface area contributed by atoms with Gasteiger partial charge in [-0.25, -0.2) is 8.42 Å². The predicted octanol–water partition coefficient (Wildman–Crippen LogP) is 1.54. The van der Waals surface area contributed by atoms with E-state index in [2.05, 4.69) is 4.74 Å². The molecule has 0 aromatic carbocycles. The molecule has 0 N–H and O–H groups in total. The summed E-state index contributed by atoms with van der Waals surface area (Å²) in [5.41, 5.74) is 0. The van der Waals surface area contributed by atoms with E-state index in [1.54, 1.807) is 0 Å². The number of alkyl halides is 3. The highest BCUT2D eigenvalue weighted by Gasteiger charge is 2.37. The summed E-state index contributed by atoms with van der Waals surface area (Å²) in [6.07, 6.45) is -4.82. The Labute approximate surface area is 110 Å². The van der Waals surface area contributed by atoms with Crippen molar-refractivity contribution in [2.45, 2.75) is 38.9 Å². The third-order valence-electron chi connectivity index (χ3n) is 2.28. The van der Waals surface area contributed by atoms with Gasteiger partial charge in [0.1, 0.15) is 6.54 Å². The molecule has 0 spiro atoms. The molecule has 19 heavy (non-hydrogen) atoms. The molecule has 0 aliphatic carbocycles. The van der Waals surface area contributed by atoms with E-state index in [-0.39, 0.29) is 12.8 Å². The minimum absolute atomic E-state index is 0.0733. The van der Waals surface area contributed by atoms with E-state index in [4.69, 9.17) is 0 Å². The van der Waals surface area contributed by atoms with Gasteiger partial charge in [0.2, 0.25) is 10.0 Å². The second kappa shape index (κ2) is 7.09. The zero-order valence-electron chi connectivity index (χ0n) is 11.0. The third-order valence-corrected chi connectivity index (χ3v) is 4.35. The van der Waals surface area contributed by atoms with Crippen LogP contribution in [0.5, 0.6) is 0 Å². The van der Waals surface area contributed by atoms with E-state index in [0.717, 1.165) is 7.11 Å². The highest BCUT2D eigenvalue weighted by atomic mass is 32.2. The summed E-state index contributed by atoms with van der Waals surface area (Å²) < 4.78 is 65.3. The van der Waals surface area contributed by atoms with Crippen LogP contribution in [0.4, 0.5) is 13.2 Å². The summed E-state index contributed by atoms with van der Waals surface area (Å²) in [4.78, 5) is 10.8. The number of halogens is 3. The number of methoxy groups -OCH3 is 1. The molecule has 0 unspecified atom stereocenters. The van der Waals surface area contributed by atoms with Crippen LogP contribution in [0, 0.1) is 0 Å². The van der Waals surface area contributed by atoms with E-state index < -0.39 is 40.5 Å². The highest BCUT2D eigenvalue weighted by Crippen LogP contribution is 2.21. The van der Waals surface area contributed by atoms with Crippen LogP contribution in [0.3, 0.4) is 0 Å². The van der Waals surface area contributed by atoms with Crippen LogP contribution in [-0.4, -0.2) is 50.3 Å². The van der Waals surface area contributed by atoms with Crippen LogP contribution >= 0.6 is 0 Å². The maximum Gasteiger partial charge on any atom is 0.402 e. The lowest BCUT2D eigenvalue weighted by Crippen LogP contribution is -2.44. The summed E-state index contributed by atoms with van der Waals surface area (Å²) in [6, 6.07) is -0.801. The van der Waals surface area contributed by atoms with Crippen LogP contribution in [0.25, 0.3) is 0 Å². The number of nitrogens with zero attached hydrogens (tertiary/aromatic N) is 1. The first-order valence-corrected chi connectivity index (χ1v) is 7.23. The van der Waals surface area contributed by atoms with Gasteiger partial charge >= 0.3 is 12.1 Å². The number of sulfonamides is 1. The second-order valence-corrected chi connectivity index (χ2v) is 6.29. The molecule has 0 atom stereocenters. The van der Waals surface area contributed by atoms with Gasteiger partial charge in [0, 0.05) is 12.5 Å². The first-order chi connectivity index (χ1) is 8.49. The highest BCUT2D eigenvalue weighted by molar-refractivity contribution is 7.89. The van der Waals surface area contributed by atoms with Gasteiger partial charge < -0.3 is 4.74 Å². The standard InChI is InChI=1S/C10H18F3NO4S/c1-8(2)14(7-10(11,12)13)19(16,17)6-4-5-9(15)18-3/h8H,4-7H2,1-3H3. The Balaban J connectivity index is 4.68. The van der Waals surface area contributed by atoms with E-state index in [1.807, 2.05) is 0 Å². The van der Waals surface area contributed by atoms with E-state index in [1.165, 1.54) is 13.8 Å². The molecule has 0 aromatic heterocycles. The molecule has 0 aromatic rings. The van der Waals surface area contributed by atoms with Gasteiger partial charge in [0.05, 0.1) is 12.9 Å². The van der Waals surface area contributed by atoms with Gasteiger partial charge in [-0.15, -0.1) is 0 Å². The molecule has 0 fully saturated rings. The number of carbonyl (C=O) groups is 1. The van der Waals surface area contributed by atoms with Crippen molar-refractivity contribution in [1.82, 2.24) is 4.31 Å². The lowest BCUT2D eigenvalue weighted by atomic mass is 10.3. The normalized spacial score (nSPS) is 13.1. The molecule has 114 valence electrons. The van der Waals surface area contributed by atoms with E-state index >= 15 is 0 Å². The van der Waals surface area contributed by atoms with Crippen LogP contribution in [0.15, 0.2) is 0 Å². The van der Waals surface area contributed by atoms with Crippen molar-refractivity contribution in [3.63, 3.8) is 0 Å². The van der Waals surface area contributed by atoms with Crippen molar-refractivity contribution in [3.8, 4) is 0 Å². The van der Waals surface area contributed by atoms with Crippen molar-refractivity contribution in [2.75, 3.05) is 19.4 Å². The summed E-state index contributed by atoms with van der Waals surface area (Å²) in [7, 11) is -2.90. The summed E-state index contributed by atoms with van der Waals surface area (Å²) >= 11 is 0. The van der Waals surface area contributed by atoms with Gasteiger partial charge in [0.25, 0.3) is 0 Å². The number of ether oxygens (including phenoxy) is 1. The molecule has 0 amide bonds. The first kappa shape index (κ1) is 18.2. The minimum atomic E-state index is -4.60. The summed E-state index contributed by atoms with van der Waals surface area (Å²) in [5, 5.41) is 0. The number of carbonyl (C=O) groups excluding carboxylic acids is 1. The summed E-state index contributed by atoms with van der Waals surface area (Å²) in [6.45, 7) is 1.21. The second-order valence-electron chi connectivity index (χ2n) is 4.25. The number of hydrogen-bond acceptors (Lipinski definition) is 4. The van der Waals surface area contributed by atoms with Gasteiger partial charge in [0.15, 0.2) is 0 Å². The third kappa shape index (κ3) is 7.36. The van der Waals surface area contributed by atoms with Crippen molar-refractivity contribution in [1.29, 1.82) is 0 Å². The molecule has 0 saturated carbocycles. The van der Waals surface area contributed by atoms with Crippen molar-refractivity contribution in [2.24, 2.45) is 0 Å². The van der Waals surface area contributed by atoms with Crippen molar-refractivity contribution < 1.29 is 31.1 Å². The average Bonchev–Trinajstić information content (AvgIpc) is 2.23. The Morgan fingerprint density at radius 1 is 1.32 bits per heavy atom. The van der Waals surface area contributed by atoms with Gasteiger partial charge in [-0.05, 0) is 20.3 Å². The topological polar surface area (TPSA) is 63.7 Å². The Morgan fingerprint density at radius 3 is 2.21 bits per heavy atom. The predicted molar refractivity (Wildman–Crippen MR) is 62.9 cm³/mol. The smallest absolute Gasteiger partial charge is 0.402 e. The molecular weight excluding hydrogens is 287 g/mol. The SMILES string of the molecule is COC(=O)CCCS(=O)(=O)N(CC(F)(F)F)C(C)C. The monoisotopic (exact) mass is 305 g/mol. The fraction of sp³-hybridized carbons (Fsp3) is 0.900. The lowest BCUT2D eigenvalue weighted by molar-refractivity contribution is -0.141. The molecule has 0 bridgehead atoms. The molecule has 9 heteroatoms. The maximum atomic E-state index is 12.3. The lowest BCUT2D eigenvalue weighted by Gasteiger charge is -2.26. The molecule has 0 aliphatic rings. The molecule has 5 nitrogen and oxygen atoms in total. The minimum Gasteiger partial charge on any atom is -0.469 e. The maximum absolute atomic E-state index is 12.3. The van der Waals surface area contributed by atoms with Crippen molar-refractivity contribution >= 4 is 16.0 Å². The Bertz CT molecular complexity index is 392. The fourth-order valence-corrected chi connectivity index (χ4v) is 3.13. The van der Waals surface area contributed by atoms with Gasteiger partial charge in [-0.2, -0.15) is 17.5 Å². The number of rotatable bonds is 7. The quantitative estimate of drug-likeness (QED) is 0.669. The number of esters is 1. The fourth-order valence-electron chi connectivity index (χ4n) is 1.40. The first-order valence-electron chi connectivity index (χ1n) is 5.62. The van der Waals surface area contributed by atoms with Gasteiger partial charge in [-0.1, -0.05) is 0 Å². The molecule has 0 saturated heterocycles. The van der Waals surface area contributed by atoms with E-state index in [9.17, 15) is 26.4 Å². The van der Waals surface area contributed by atoms with Crippen LogP contribution in [0.2, 0.25) is 0 Å². The van der Waals surface area contributed by atoms with E-state index in [0.29, 0.717) is 4.31 Å². The molecule has 0 rings (SSSR count). The zero-order chi connectivity index (χ0) is 15.3. The summed E-state index contributed by atoms with van der Waals surface area (Å²) in [5.74, 6) is -1.11. The Kier molecular flexibility index (Phi) is 6.78. The molecular formula is C10H18F3NO4S. The molecule has 0 aliphatic heterocycles. The van der Waals surface area contributed by atoms with Gasteiger partial charge in [-0.3, -0.25) is 4.79 Å².